The van der Waals surface area contributed by atoms with E-state index in [2.05, 4.69) is 15.2 Å². The average Bonchev–Trinajstić information content (AvgIpc) is 3.15. The Morgan fingerprint density at radius 2 is 2.12 bits per heavy atom. The van der Waals surface area contributed by atoms with Gasteiger partial charge in [-0.3, -0.25) is 9.59 Å². The van der Waals surface area contributed by atoms with Gasteiger partial charge in [0.25, 0.3) is 11.8 Å². The second-order valence-electron chi connectivity index (χ2n) is 7.68. The Morgan fingerprint density at radius 3 is 2.88 bits per heavy atom. The van der Waals surface area contributed by atoms with Gasteiger partial charge >= 0.3 is 0 Å². The summed E-state index contributed by atoms with van der Waals surface area (Å²) in [6, 6.07) is 1.85. The van der Waals surface area contributed by atoms with Gasteiger partial charge in [-0.1, -0.05) is 0 Å². The van der Waals surface area contributed by atoms with Crippen LogP contribution < -0.4 is 5.32 Å². The van der Waals surface area contributed by atoms with Crippen molar-refractivity contribution in [3.8, 4) is 0 Å². The van der Waals surface area contributed by atoms with Crippen LogP contribution >= 0.6 is 0 Å². The number of nitrogens with one attached hydrogen (secondary N) is 1. The minimum absolute atomic E-state index is 0.0378. The van der Waals surface area contributed by atoms with Crippen LogP contribution in [0.15, 0.2) is 22.9 Å². The number of pyridine rings is 1. The van der Waals surface area contributed by atoms with Crippen LogP contribution in [0.3, 0.4) is 0 Å². The molecule has 3 fully saturated rings. The number of nitrogens with zero attached hydrogens (tertiary/aromatic N) is 3. The molecule has 1 N–H and O–H groups in total. The molecule has 0 radical (unpaired) electrons. The largest absolute Gasteiger partial charge is 0.462 e. The Hall–Kier alpha value is -2.41. The van der Waals surface area contributed by atoms with Crippen molar-refractivity contribution in [2.24, 2.45) is 5.92 Å². The molecule has 5 rings (SSSR count). The van der Waals surface area contributed by atoms with Crippen molar-refractivity contribution in [3.05, 3.63) is 29.8 Å². The van der Waals surface area contributed by atoms with Gasteiger partial charge in [-0.05, 0) is 37.8 Å². The molecule has 3 aliphatic rings. The average molecular weight is 354 g/mol. The Morgan fingerprint density at radius 1 is 1.23 bits per heavy atom. The number of carbonyl (C=O) groups excluding carboxylic acids is 2. The number of hydrogen-bond donors (Lipinski definition) is 1. The van der Waals surface area contributed by atoms with Gasteiger partial charge in [0.2, 0.25) is 0 Å². The van der Waals surface area contributed by atoms with E-state index >= 15 is 0 Å². The van der Waals surface area contributed by atoms with Crippen LogP contribution in [0.2, 0.25) is 0 Å². The first-order chi connectivity index (χ1) is 12.7. The second-order valence-corrected chi connectivity index (χ2v) is 7.68. The SMILES string of the molecule is O=C(N[C@@H]1C[C@@H]2CCN(C2)C1)c1cc2c(C(=O)N3CCC3)coc2cn1. The second kappa shape index (κ2) is 6.09. The molecule has 2 amide bonds. The quantitative estimate of drug-likeness (QED) is 0.904. The molecule has 3 aliphatic heterocycles. The Kier molecular flexibility index (Phi) is 3.70. The standard InChI is InChI=1S/C19H22N4O3/c24-18(21-13-6-12-2-5-22(9-12)10-13)16-7-14-15(11-26-17(14)8-20-16)19(25)23-3-1-4-23/h7-8,11-13H,1-6,9-10H2,(H,21,24)/t12-,13+/m0/s1. The highest BCUT2D eigenvalue weighted by molar-refractivity contribution is 6.07. The highest BCUT2D eigenvalue weighted by atomic mass is 16.3. The summed E-state index contributed by atoms with van der Waals surface area (Å²) in [7, 11) is 0. The number of amides is 2. The third kappa shape index (κ3) is 2.67. The van der Waals surface area contributed by atoms with Crippen molar-refractivity contribution in [1.29, 1.82) is 0 Å². The molecule has 0 saturated carbocycles. The van der Waals surface area contributed by atoms with Crippen LogP contribution in [0.1, 0.15) is 40.1 Å². The molecule has 3 atom stereocenters. The predicted molar refractivity (Wildman–Crippen MR) is 94.9 cm³/mol. The minimum Gasteiger partial charge on any atom is -0.462 e. The Bertz CT molecular complexity index is 861. The number of likely N-dealkylation sites (tertiary alicyclic amines) is 1. The normalized spacial score (nSPS) is 27.4. The third-order valence-corrected chi connectivity index (χ3v) is 5.87. The van der Waals surface area contributed by atoms with E-state index in [1.807, 2.05) is 0 Å². The number of fused-ring (bicyclic) bond motifs is 3. The molecule has 3 saturated heterocycles. The number of furan rings is 1. The van der Waals surface area contributed by atoms with Gasteiger partial charge in [-0.2, -0.15) is 0 Å². The lowest BCUT2D eigenvalue weighted by Gasteiger charge is -2.30. The molecule has 2 aromatic rings. The molecule has 0 spiro atoms. The summed E-state index contributed by atoms with van der Waals surface area (Å²) in [6.45, 7) is 4.77. The summed E-state index contributed by atoms with van der Waals surface area (Å²) in [5, 5.41) is 3.78. The maximum Gasteiger partial charge on any atom is 0.270 e. The lowest BCUT2D eigenvalue weighted by molar-refractivity contribution is 0.0652. The number of rotatable bonds is 3. The molecular weight excluding hydrogens is 332 g/mol. The van der Waals surface area contributed by atoms with E-state index in [1.165, 1.54) is 18.9 Å². The molecule has 0 aliphatic carbocycles. The van der Waals surface area contributed by atoms with Gasteiger partial charge in [0, 0.05) is 37.6 Å². The van der Waals surface area contributed by atoms with Crippen molar-refractivity contribution in [3.63, 3.8) is 0 Å². The minimum atomic E-state index is -0.178. The van der Waals surface area contributed by atoms with Crippen LogP contribution in [0.4, 0.5) is 0 Å². The number of carbonyl (C=O) groups is 2. The van der Waals surface area contributed by atoms with E-state index in [9.17, 15) is 9.59 Å². The van der Waals surface area contributed by atoms with E-state index < -0.39 is 0 Å². The zero-order valence-corrected chi connectivity index (χ0v) is 14.6. The van der Waals surface area contributed by atoms with Gasteiger partial charge in [0.05, 0.1) is 11.8 Å². The highest BCUT2D eigenvalue weighted by Gasteiger charge is 2.33. The topological polar surface area (TPSA) is 78.7 Å². The van der Waals surface area contributed by atoms with Gasteiger partial charge in [0.15, 0.2) is 5.58 Å². The molecule has 2 bridgehead atoms. The molecule has 7 nitrogen and oxygen atoms in total. The Balaban J connectivity index is 1.36. The lowest BCUT2D eigenvalue weighted by Crippen LogP contribution is -2.47. The maximum atomic E-state index is 12.7. The number of aromatic nitrogens is 1. The molecule has 7 heteroatoms. The van der Waals surface area contributed by atoms with Crippen molar-refractivity contribution < 1.29 is 14.0 Å². The predicted octanol–water partition coefficient (Wildman–Crippen LogP) is 1.50. The van der Waals surface area contributed by atoms with Gasteiger partial charge in [-0.25, -0.2) is 4.98 Å². The molecule has 5 heterocycles. The van der Waals surface area contributed by atoms with Gasteiger partial charge in [-0.15, -0.1) is 0 Å². The molecule has 136 valence electrons. The molecule has 1 unspecified atom stereocenters. The van der Waals surface area contributed by atoms with E-state index in [0.29, 0.717) is 28.1 Å². The summed E-state index contributed by atoms with van der Waals surface area (Å²) in [6.07, 6.45) is 6.31. The van der Waals surface area contributed by atoms with E-state index in [-0.39, 0.29) is 17.9 Å². The number of hydrogen-bond acceptors (Lipinski definition) is 5. The Labute approximate surface area is 151 Å². The van der Waals surface area contributed by atoms with Crippen molar-refractivity contribution in [1.82, 2.24) is 20.1 Å². The monoisotopic (exact) mass is 354 g/mol. The van der Waals surface area contributed by atoms with Gasteiger partial charge in [0.1, 0.15) is 12.0 Å². The van der Waals surface area contributed by atoms with E-state index in [1.54, 1.807) is 11.0 Å². The summed E-state index contributed by atoms with van der Waals surface area (Å²) < 4.78 is 5.46. The van der Waals surface area contributed by atoms with Crippen LogP contribution in [0.5, 0.6) is 0 Å². The fraction of sp³-hybridized carbons (Fsp3) is 0.526. The van der Waals surface area contributed by atoms with Crippen molar-refractivity contribution in [2.75, 3.05) is 32.7 Å². The third-order valence-electron chi connectivity index (χ3n) is 5.87. The highest BCUT2D eigenvalue weighted by Crippen LogP contribution is 2.27. The summed E-state index contributed by atoms with van der Waals surface area (Å²) in [4.78, 5) is 33.6. The fourth-order valence-electron chi connectivity index (χ4n) is 4.34. The van der Waals surface area contributed by atoms with Crippen LogP contribution in [-0.4, -0.2) is 65.4 Å². The molecule has 0 aromatic carbocycles. The summed E-state index contributed by atoms with van der Waals surface area (Å²) in [5.74, 6) is 0.478. The molecule has 26 heavy (non-hydrogen) atoms. The maximum absolute atomic E-state index is 12.7. The van der Waals surface area contributed by atoms with Gasteiger partial charge < -0.3 is 19.5 Å². The molecule has 2 aromatic heterocycles. The van der Waals surface area contributed by atoms with E-state index in [0.717, 1.165) is 45.6 Å². The smallest absolute Gasteiger partial charge is 0.270 e. The zero-order chi connectivity index (χ0) is 17.7. The first-order valence-corrected chi connectivity index (χ1v) is 9.37. The first kappa shape index (κ1) is 15.8. The van der Waals surface area contributed by atoms with Crippen LogP contribution in [0, 0.1) is 5.92 Å². The molecular formula is C19H22N4O3. The summed E-state index contributed by atoms with van der Waals surface area (Å²) >= 11 is 0. The van der Waals surface area contributed by atoms with E-state index in [4.69, 9.17) is 4.42 Å². The first-order valence-electron chi connectivity index (χ1n) is 9.37. The zero-order valence-electron chi connectivity index (χ0n) is 14.6. The summed E-state index contributed by atoms with van der Waals surface area (Å²) in [5.41, 5.74) is 1.38. The van der Waals surface area contributed by atoms with Crippen molar-refractivity contribution >= 4 is 22.8 Å². The fourth-order valence-corrected chi connectivity index (χ4v) is 4.34. The van der Waals surface area contributed by atoms with Crippen LogP contribution in [-0.2, 0) is 0 Å². The van der Waals surface area contributed by atoms with Crippen molar-refractivity contribution in [2.45, 2.75) is 25.3 Å². The number of piperidine rings is 1. The van der Waals surface area contributed by atoms with Crippen LogP contribution in [0.25, 0.3) is 11.0 Å². The lowest BCUT2D eigenvalue weighted by atomic mass is 9.97.